The Morgan fingerprint density at radius 1 is 0.840 bits per heavy atom. The van der Waals surface area contributed by atoms with Crippen LogP contribution in [0.25, 0.3) is 10.8 Å². The third kappa shape index (κ3) is 3.64. The van der Waals surface area contributed by atoms with Gasteiger partial charge < -0.3 is 5.32 Å². The third-order valence-corrected chi connectivity index (χ3v) is 5.29. The molecule has 0 aliphatic rings. The second-order valence-corrected chi connectivity index (χ2v) is 7.44. The lowest BCUT2D eigenvalue weighted by atomic mass is 10.1. The number of amides is 1. The highest BCUT2D eigenvalue weighted by atomic mass is 32.2. The van der Waals surface area contributed by atoms with E-state index in [0.717, 1.165) is 10.9 Å². The Bertz CT molecular complexity index is 1040. The van der Waals surface area contributed by atoms with Crippen LogP contribution in [0.15, 0.2) is 65.6 Å². The van der Waals surface area contributed by atoms with Crippen LogP contribution in [-0.4, -0.2) is 14.3 Å². The molecule has 0 unspecified atom stereocenters. The molecule has 5 nitrogen and oxygen atoms in total. The minimum Gasteiger partial charge on any atom is -0.326 e. The second-order valence-electron chi connectivity index (χ2n) is 5.79. The Kier molecular flexibility index (Phi) is 4.46. The van der Waals surface area contributed by atoms with Gasteiger partial charge >= 0.3 is 0 Å². The number of nitrogens with one attached hydrogen (secondary N) is 2. The molecule has 3 rings (SSSR count). The molecule has 0 bridgehead atoms. The van der Waals surface area contributed by atoms with Gasteiger partial charge in [-0.2, -0.15) is 0 Å². The first-order valence-electron chi connectivity index (χ1n) is 7.76. The first-order valence-corrected chi connectivity index (χ1v) is 9.24. The van der Waals surface area contributed by atoms with E-state index in [-0.39, 0.29) is 10.8 Å². The molecule has 0 aliphatic carbocycles. The first kappa shape index (κ1) is 17.0. The van der Waals surface area contributed by atoms with Gasteiger partial charge in [0, 0.05) is 23.7 Å². The van der Waals surface area contributed by atoms with Crippen molar-refractivity contribution in [1.29, 1.82) is 0 Å². The summed E-state index contributed by atoms with van der Waals surface area (Å²) < 4.78 is 28.2. The fourth-order valence-corrected chi connectivity index (χ4v) is 3.96. The maximum Gasteiger partial charge on any atom is 0.262 e. The van der Waals surface area contributed by atoms with E-state index in [1.165, 1.54) is 6.92 Å². The summed E-state index contributed by atoms with van der Waals surface area (Å²) in [5.74, 6) is -0.181. The Hall–Kier alpha value is -2.86. The molecule has 3 aromatic rings. The van der Waals surface area contributed by atoms with E-state index >= 15 is 0 Å². The Balaban J connectivity index is 1.95. The van der Waals surface area contributed by atoms with E-state index in [1.54, 1.807) is 42.5 Å². The van der Waals surface area contributed by atoms with Gasteiger partial charge in [0.2, 0.25) is 5.91 Å². The van der Waals surface area contributed by atoms with Gasteiger partial charge in [-0.3, -0.25) is 9.52 Å². The van der Waals surface area contributed by atoms with Crippen molar-refractivity contribution < 1.29 is 13.2 Å². The van der Waals surface area contributed by atoms with E-state index in [0.29, 0.717) is 16.8 Å². The van der Waals surface area contributed by atoms with Crippen LogP contribution < -0.4 is 10.0 Å². The zero-order valence-corrected chi connectivity index (χ0v) is 14.7. The molecule has 3 aromatic carbocycles. The van der Waals surface area contributed by atoms with Crippen molar-refractivity contribution in [2.24, 2.45) is 0 Å². The number of hydrogen-bond acceptors (Lipinski definition) is 3. The molecular weight excluding hydrogens is 336 g/mol. The number of benzene rings is 3. The number of carbonyl (C=O) groups excluding carboxylic acids is 1. The molecule has 0 fully saturated rings. The van der Waals surface area contributed by atoms with Crippen molar-refractivity contribution in [3.8, 4) is 0 Å². The molecule has 0 heterocycles. The van der Waals surface area contributed by atoms with Gasteiger partial charge in [0.25, 0.3) is 10.0 Å². The van der Waals surface area contributed by atoms with Crippen LogP contribution in [0.3, 0.4) is 0 Å². The topological polar surface area (TPSA) is 75.3 Å². The summed E-state index contributed by atoms with van der Waals surface area (Å²) in [6.45, 7) is 3.37. The van der Waals surface area contributed by atoms with Crippen molar-refractivity contribution >= 4 is 38.1 Å². The summed E-state index contributed by atoms with van der Waals surface area (Å²) in [6.07, 6.45) is 0. The molecule has 128 valence electrons. The molecule has 0 saturated heterocycles. The van der Waals surface area contributed by atoms with Crippen LogP contribution in [0, 0.1) is 6.92 Å². The number of sulfonamides is 1. The first-order chi connectivity index (χ1) is 11.9. The summed E-state index contributed by atoms with van der Waals surface area (Å²) in [5, 5.41) is 4.23. The van der Waals surface area contributed by atoms with E-state index in [1.807, 2.05) is 25.1 Å². The van der Waals surface area contributed by atoms with Gasteiger partial charge in [-0.15, -0.1) is 0 Å². The molecule has 2 N–H and O–H groups in total. The number of fused-ring (bicyclic) bond motifs is 1. The highest BCUT2D eigenvalue weighted by molar-refractivity contribution is 7.93. The number of anilines is 2. The lowest BCUT2D eigenvalue weighted by Gasteiger charge is -2.12. The van der Waals surface area contributed by atoms with E-state index in [2.05, 4.69) is 10.0 Å². The van der Waals surface area contributed by atoms with Crippen molar-refractivity contribution in [2.45, 2.75) is 18.7 Å². The van der Waals surface area contributed by atoms with Gasteiger partial charge in [-0.1, -0.05) is 30.3 Å². The quantitative estimate of drug-likeness (QED) is 0.746. The van der Waals surface area contributed by atoms with Gasteiger partial charge in [0.15, 0.2) is 0 Å². The average molecular weight is 354 g/mol. The fourth-order valence-electron chi connectivity index (χ4n) is 2.69. The van der Waals surface area contributed by atoms with Crippen LogP contribution in [0.1, 0.15) is 12.5 Å². The van der Waals surface area contributed by atoms with Crippen LogP contribution in [0.5, 0.6) is 0 Å². The normalized spacial score (nSPS) is 11.3. The SMILES string of the molecule is CC(=O)Nc1ccc(NS(=O)(=O)c2ccc(C)c3ccccc23)cc1. The summed E-state index contributed by atoms with van der Waals surface area (Å²) in [5.41, 5.74) is 2.06. The highest BCUT2D eigenvalue weighted by Crippen LogP contribution is 2.27. The molecule has 0 radical (unpaired) electrons. The average Bonchev–Trinajstić information content (AvgIpc) is 2.56. The summed E-state index contributed by atoms with van der Waals surface area (Å²) in [6, 6.07) is 17.4. The lowest BCUT2D eigenvalue weighted by Crippen LogP contribution is -2.13. The maximum absolute atomic E-state index is 12.8. The van der Waals surface area contributed by atoms with Crippen molar-refractivity contribution in [3.63, 3.8) is 0 Å². The van der Waals surface area contributed by atoms with Gasteiger partial charge in [0.05, 0.1) is 4.90 Å². The van der Waals surface area contributed by atoms with E-state index < -0.39 is 10.0 Å². The van der Waals surface area contributed by atoms with Gasteiger partial charge in [-0.05, 0) is 48.2 Å². The molecule has 0 aliphatic heterocycles. The standard InChI is InChI=1S/C19H18N2O3S/c1-13-7-12-19(18-6-4-3-5-17(13)18)25(23,24)21-16-10-8-15(9-11-16)20-14(2)22/h3-12,21H,1-2H3,(H,20,22). The van der Waals surface area contributed by atoms with E-state index in [4.69, 9.17) is 0 Å². The van der Waals surface area contributed by atoms with Crippen LogP contribution >= 0.6 is 0 Å². The Labute approximate surface area is 146 Å². The van der Waals surface area contributed by atoms with E-state index in [9.17, 15) is 13.2 Å². The molecule has 0 spiro atoms. The molecular formula is C19H18N2O3S. The van der Waals surface area contributed by atoms with Crippen LogP contribution in [0.2, 0.25) is 0 Å². The second kappa shape index (κ2) is 6.57. The van der Waals surface area contributed by atoms with Crippen molar-refractivity contribution in [2.75, 3.05) is 10.0 Å². The zero-order chi connectivity index (χ0) is 18.0. The number of carbonyl (C=O) groups is 1. The molecule has 0 aromatic heterocycles. The number of rotatable bonds is 4. The van der Waals surface area contributed by atoms with Crippen LogP contribution in [0.4, 0.5) is 11.4 Å². The van der Waals surface area contributed by atoms with Gasteiger partial charge in [-0.25, -0.2) is 8.42 Å². The smallest absolute Gasteiger partial charge is 0.262 e. The minimum absolute atomic E-state index is 0.181. The summed E-state index contributed by atoms with van der Waals surface area (Å²) >= 11 is 0. The van der Waals surface area contributed by atoms with Gasteiger partial charge in [0.1, 0.15) is 0 Å². The van der Waals surface area contributed by atoms with Crippen LogP contribution in [-0.2, 0) is 14.8 Å². The Morgan fingerprint density at radius 2 is 1.44 bits per heavy atom. The summed E-state index contributed by atoms with van der Waals surface area (Å²) in [4.78, 5) is 11.3. The predicted molar refractivity (Wildman–Crippen MR) is 100 cm³/mol. The monoisotopic (exact) mass is 354 g/mol. The molecule has 0 atom stereocenters. The number of hydrogen-bond donors (Lipinski definition) is 2. The molecule has 25 heavy (non-hydrogen) atoms. The maximum atomic E-state index is 12.8. The van der Waals surface area contributed by atoms with Crippen molar-refractivity contribution in [1.82, 2.24) is 0 Å². The molecule has 0 saturated carbocycles. The lowest BCUT2D eigenvalue weighted by molar-refractivity contribution is -0.114. The van der Waals surface area contributed by atoms with Crippen molar-refractivity contribution in [3.05, 3.63) is 66.2 Å². The Morgan fingerprint density at radius 3 is 2.08 bits per heavy atom. The zero-order valence-electron chi connectivity index (χ0n) is 13.9. The minimum atomic E-state index is -3.73. The largest absolute Gasteiger partial charge is 0.326 e. The highest BCUT2D eigenvalue weighted by Gasteiger charge is 2.18. The third-order valence-electron chi connectivity index (χ3n) is 3.85. The molecule has 6 heteroatoms. The fraction of sp³-hybridized carbons (Fsp3) is 0.105. The number of aryl methyl sites for hydroxylation is 1. The predicted octanol–water partition coefficient (Wildman–Crippen LogP) is 3.91. The summed E-state index contributed by atoms with van der Waals surface area (Å²) in [7, 11) is -3.73. The molecule has 1 amide bonds.